The van der Waals surface area contributed by atoms with Gasteiger partial charge in [-0.2, -0.15) is 0 Å². The Hall–Kier alpha value is -4.15. The second-order valence-electron chi connectivity index (χ2n) is 7.27. The second kappa shape index (κ2) is 9.00. The van der Waals surface area contributed by atoms with Crippen LogP contribution >= 0.6 is 23.8 Å². The highest BCUT2D eigenvalue weighted by Crippen LogP contribution is 2.33. The number of thiocarbonyl (C=S) groups is 1. The predicted molar refractivity (Wildman–Crippen MR) is 131 cm³/mol. The number of carbonyl (C=O) groups is 3. The monoisotopic (exact) mass is 494 g/mol. The molecule has 0 fully saturated rings. The van der Waals surface area contributed by atoms with Gasteiger partial charge in [-0.3, -0.25) is 29.8 Å². The van der Waals surface area contributed by atoms with Crippen molar-refractivity contribution in [2.45, 2.75) is 6.92 Å². The molecule has 4 rings (SSSR count). The van der Waals surface area contributed by atoms with Crippen molar-refractivity contribution in [3.63, 3.8) is 0 Å². The minimum absolute atomic E-state index is 0.0914. The van der Waals surface area contributed by atoms with Crippen LogP contribution < -0.4 is 15.5 Å². The van der Waals surface area contributed by atoms with E-state index >= 15 is 0 Å². The summed E-state index contributed by atoms with van der Waals surface area (Å²) in [6.07, 6.45) is 0. The number of fused-ring (bicyclic) bond motifs is 1. The number of imide groups is 1. The number of amides is 3. The first-order chi connectivity index (χ1) is 16.2. The van der Waals surface area contributed by atoms with Crippen LogP contribution in [0.2, 0.25) is 5.02 Å². The SMILES string of the molecule is Cc1c(C(=O)NC(=S)Nc2ccc(N3C(=O)c4ccccc4C3=O)cc2Cl)cccc1[N+](=O)[O-]. The molecule has 3 aromatic rings. The van der Waals surface area contributed by atoms with Gasteiger partial charge < -0.3 is 5.32 Å². The number of halogens is 1. The summed E-state index contributed by atoms with van der Waals surface area (Å²) in [6.45, 7) is 1.47. The summed E-state index contributed by atoms with van der Waals surface area (Å²) >= 11 is 11.5. The van der Waals surface area contributed by atoms with E-state index in [0.29, 0.717) is 16.8 Å². The summed E-state index contributed by atoms with van der Waals surface area (Å²) in [6, 6.07) is 15.1. The zero-order valence-corrected chi connectivity index (χ0v) is 19.1. The van der Waals surface area contributed by atoms with Gasteiger partial charge in [-0.1, -0.05) is 29.8 Å². The third-order valence-corrected chi connectivity index (χ3v) is 5.74. The van der Waals surface area contributed by atoms with Crippen LogP contribution in [0.4, 0.5) is 17.1 Å². The molecule has 0 radical (unpaired) electrons. The summed E-state index contributed by atoms with van der Waals surface area (Å²) in [4.78, 5) is 49.5. The Morgan fingerprint density at radius 1 is 1.03 bits per heavy atom. The number of carbonyl (C=O) groups excluding carboxylic acids is 3. The van der Waals surface area contributed by atoms with Gasteiger partial charge in [-0.15, -0.1) is 0 Å². The number of hydrogen-bond acceptors (Lipinski definition) is 6. The Labute approximate surface area is 203 Å². The van der Waals surface area contributed by atoms with E-state index in [2.05, 4.69) is 10.6 Å². The van der Waals surface area contributed by atoms with E-state index < -0.39 is 22.6 Å². The largest absolute Gasteiger partial charge is 0.331 e. The molecule has 1 aliphatic rings. The Kier molecular flexibility index (Phi) is 6.10. The van der Waals surface area contributed by atoms with Crippen LogP contribution in [0.5, 0.6) is 0 Å². The van der Waals surface area contributed by atoms with Gasteiger partial charge in [-0.25, -0.2) is 4.90 Å². The van der Waals surface area contributed by atoms with Crippen LogP contribution in [-0.4, -0.2) is 27.8 Å². The molecule has 9 nitrogen and oxygen atoms in total. The second-order valence-corrected chi connectivity index (χ2v) is 8.09. The fraction of sp³-hybridized carbons (Fsp3) is 0.0435. The smallest absolute Gasteiger partial charge is 0.273 e. The molecule has 1 heterocycles. The zero-order chi connectivity index (χ0) is 24.6. The minimum atomic E-state index is -0.627. The van der Waals surface area contributed by atoms with Crippen molar-refractivity contribution in [3.05, 3.63) is 98.1 Å². The molecule has 1 aliphatic heterocycles. The van der Waals surface area contributed by atoms with Crippen molar-refractivity contribution in [3.8, 4) is 0 Å². The maximum atomic E-state index is 12.7. The predicted octanol–water partition coefficient (Wildman–Crippen LogP) is 4.48. The highest BCUT2D eigenvalue weighted by Gasteiger charge is 2.36. The topological polar surface area (TPSA) is 122 Å². The first-order valence-electron chi connectivity index (χ1n) is 9.82. The normalized spacial score (nSPS) is 12.4. The van der Waals surface area contributed by atoms with Crippen molar-refractivity contribution in [1.29, 1.82) is 0 Å². The molecule has 0 spiro atoms. The quantitative estimate of drug-likeness (QED) is 0.237. The lowest BCUT2D eigenvalue weighted by Gasteiger charge is -2.16. The highest BCUT2D eigenvalue weighted by molar-refractivity contribution is 7.80. The van der Waals surface area contributed by atoms with Gasteiger partial charge in [0.25, 0.3) is 23.4 Å². The molecule has 0 unspecified atom stereocenters. The number of nitro groups is 1. The van der Waals surface area contributed by atoms with Crippen LogP contribution in [0.1, 0.15) is 36.6 Å². The molecular weight excluding hydrogens is 480 g/mol. The highest BCUT2D eigenvalue weighted by atomic mass is 35.5. The summed E-state index contributed by atoms with van der Waals surface area (Å²) in [7, 11) is 0. The van der Waals surface area contributed by atoms with Gasteiger partial charge in [0.15, 0.2) is 5.11 Å². The van der Waals surface area contributed by atoms with E-state index in [1.807, 2.05) is 0 Å². The van der Waals surface area contributed by atoms with Gasteiger partial charge in [0.05, 0.1) is 32.4 Å². The summed E-state index contributed by atoms with van der Waals surface area (Å²) in [5.74, 6) is -1.53. The number of nitrogens with zero attached hydrogens (tertiary/aromatic N) is 2. The number of nitro benzene ring substituents is 1. The molecule has 2 N–H and O–H groups in total. The molecule has 0 aliphatic carbocycles. The first-order valence-corrected chi connectivity index (χ1v) is 10.6. The van der Waals surface area contributed by atoms with E-state index in [-0.39, 0.29) is 32.6 Å². The Morgan fingerprint density at radius 3 is 2.26 bits per heavy atom. The molecule has 11 heteroatoms. The van der Waals surface area contributed by atoms with Crippen molar-refractivity contribution < 1.29 is 19.3 Å². The third kappa shape index (κ3) is 4.12. The van der Waals surface area contributed by atoms with Crippen molar-refractivity contribution in [2.24, 2.45) is 0 Å². The maximum absolute atomic E-state index is 12.7. The van der Waals surface area contributed by atoms with Gasteiger partial charge >= 0.3 is 0 Å². The van der Waals surface area contributed by atoms with Gasteiger partial charge in [-0.05, 0) is 55.5 Å². The molecule has 34 heavy (non-hydrogen) atoms. The fourth-order valence-corrected chi connectivity index (χ4v) is 3.98. The molecule has 0 atom stereocenters. The average Bonchev–Trinajstić information content (AvgIpc) is 3.05. The number of rotatable bonds is 4. The van der Waals surface area contributed by atoms with Gasteiger partial charge in [0, 0.05) is 17.2 Å². The summed E-state index contributed by atoms with van der Waals surface area (Å²) < 4.78 is 0. The lowest BCUT2D eigenvalue weighted by atomic mass is 10.1. The van der Waals surface area contributed by atoms with Crippen LogP contribution in [0.3, 0.4) is 0 Å². The number of anilines is 2. The molecule has 3 aromatic carbocycles. The molecule has 170 valence electrons. The fourth-order valence-electron chi connectivity index (χ4n) is 3.56. The molecular formula is C23H15ClN4O5S. The number of benzene rings is 3. The molecule has 0 bridgehead atoms. The van der Waals surface area contributed by atoms with Crippen LogP contribution in [0.15, 0.2) is 60.7 Å². The Bertz CT molecular complexity index is 1370. The molecule has 0 saturated carbocycles. The average molecular weight is 495 g/mol. The van der Waals surface area contributed by atoms with Crippen molar-refractivity contribution >= 4 is 63.7 Å². The van der Waals surface area contributed by atoms with E-state index in [1.54, 1.807) is 24.3 Å². The summed E-state index contributed by atoms with van der Waals surface area (Å²) in [5, 5.41) is 16.4. The first kappa shape index (κ1) is 23.0. The zero-order valence-electron chi connectivity index (χ0n) is 17.5. The van der Waals surface area contributed by atoms with Gasteiger partial charge in [0.2, 0.25) is 0 Å². The minimum Gasteiger partial charge on any atom is -0.331 e. The lowest BCUT2D eigenvalue weighted by Crippen LogP contribution is -2.34. The van der Waals surface area contributed by atoms with E-state index in [1.165, 1.54) is 43.3 Å². The maximum Gasteiger partial charge on any atom is 0.273 e. The Balaban J connectivity index is 1.49. The molecule has 3 amide bonds. The molecule has 0 aromatic heterocycles. The number of nitrogens with one attached hydrogen (secondary N) is 2. The van der Waals surface area contributed by atoms with E-state index in [0.717, 1.165) is 4.90 Å². The van der Waals surface area contributed by atoms with Crippen molar-refractivity contribution in [1.82, 2.24) is 5.32 Å². The number of hydrogen-bond donors (Lipinski definition) is 2. The van der Waals surface area contributed by atoms with E-state index in [9.17, 15) is 24.5 Å². The molecule has 0 saturated heterocycles. The standard InChI is InChI=1S/C23H15ClN4O5S/c1-12-14(7-4-8-19(12)28(32)33)20(29)26-23(34)25-18-10-9-13(11-17(18)24)27-21(30)15-5-2-3-6-16(15)22(27)31/h2-11H,1H3,(H2,25,26,29,34). The van der Waals surface area contributed by atoms with Gasteiger partial charge in [0.1, 0.15) is 0 Å². The Morgan fingerprint density at radius 2 is 1.68 bits per heavy atom. The van der Waals surface area contributed by atoms with E-state index in [4.69, 9.17) is 23.8 Å². The third-order valence-electron chi connectivity index (χ3n) is 5.23. The van der Waals surface area contributed by atoms with Crippen molar-refractivity contribution in [2.75, 3.05) is 10.2 Å². The van der Waals surface area contributed by atoms with Crippen LogP contribution in [0.25, 0.3) is 0 Å². The lowest BCUT2D eigenvalue weighted by molar-refractivity contribution is -0.385. The summed E-state index contributed by atoms with van der Waals surface area (Å²) in [5.41, 5.74) is 1.35. The van der Waals surface area contributed by atoms with Crippen LogP contribution in [0, 0.1) is 17.0 Å². The van der Waals surface area contributed by atoms with Crippen LogP contribution in [-0.2, 0) is 0 Å².